The molecule has 0 N–H and O–H groups in total. The summed E-state index contributed by atoms with van der Waals surface area (Å²) in [4.78, 5) is 15.0. The molecule has 1 aromatic heterocycles. The quantitative estimate of drug-likeness (QED) is 0.820. The molecule has 2 fully saturated rings. The van der Waals surface area contributed by atoms with Gasteiger partial charge in [-0.2, -0.15) is 5.10 Å². The first kappa shape index (κ1) is 18.4. The van der Waals surface area contributed by atoms with Crippen LogP contribution in [-0.4, -0.2) is 52.6 Å². The lowest BCUT2D eigenvalue weighted by molar-refractivity contribution is -0.147. The van der Waals surface area contributed by atoms with Crippen molar-refractivity contribution >= 4 is 5.91 Å². The van der Waals surface area contributed by atoms with Crippen LogP contribution >= 0.6 is 0 Å². The van der Waals surface area contributed by atoms with Crippen molar-refractivity contribution in [1.82, 2.24) is 14.7 Å². The van der Waals surface area contributed by atoms with Gasteiger partial charge in [0.05, 0.1) is 24.4 Å². The number of carbonyl (C=O) groups excluding carboxylic acids is 1. The Morgan fingerprint density at radius 2 is 2.12 bits per heavy atom. The smallest absolute Gasteiger partial charge is 0.251 e. The first-order chi connectivity index (χ1) is 12.0. The van der Waals surface area contributed by atoms with Crippen LogP contribution in [0.1, 0.15) is 62.0 Å². The molecule has 6 nitrogen and oxygen atoms in total. The van der Waals surface area contributed by atoms with Crippen molar-refractivity contribution in [2.75, 3.05) is 19.8 Å². The summed E-state index contributed by atoms with van der Waals surface area (Å²) < 4.78 is 13.5. The molecular weight excluding hydrogens is 318 g/mol. The van der Waals surface area contributed by atoms with Gasteiger partial charge in [-0.3, -0.25) is 9.48 Å². The maximum Gasteiger partial charge on any atom is 0.251 e. The Kier molecular flexibility index (Phi) is 5.79. The van der Waals surface area contributed by atoms with Crippen molar-refractivity contribution in [2.45, 2.75) is 71.1 Å². The normalized spacial score (nSPS) is 25.4. The van der Waals surface area contributed by atoms with Gasteiger partial charge < -0.3 is 14.4 Å². The van der Waals surface area contributed by atoms with Crippen molar-refractivity contribution in [3.05, 3.63) is 17.0 Å². The third-order valence-corrected chi connectivity index (χ3v) is 5.59. The minimum atomic E-state index is -0.427. The monoisotopic (exact) mass is 349 g/mol. The lowest BCUT2D eigenvalue weighted by atomic mass is 10.0. The largest absolute Gasteiger partial charge is 0.376 e. The zero-order valence-electron chi connectivity index (χ0n) is 16.0. The summed E-state index contributed by atoms with van der Waals surface area (Å²) in [5, 5.41) is 4.52. The molecule has 2 aliphatic rings. The molecule has 6 heteroatoms. The van der Waals surface area contributed by atoms with Gasteiger partial charge in [0.2, 0.25) is 0 Å². The van der Waals surface area contributed by atoms with E-state index in [2.05, 4.69) is 12.0 Å². The third kappa shape index (κ3) is 3.90. The standard InChI is InChI=1S/C19H31N3O3/c1-13-18(14(2)21(4)20-13)17-9-7-10-22(17)19(23)15(3)25-12-16-8-5-6-11-24-16/h15-17H,5-12H2,1-4H3/t15-,16+,17-/m0/s1. The molecule has 0 radical (unpaired) electrons. The van der Waals surface area contributed by atoms with Gasteiger partial charge in [0.1, 0.15) is 6.10 Å². The summed E-state index contributed by atoms with van der Waals surface area (Å²) in [6.07, 6.45) is 5.08. The van der Waals surface area contributed by atoms with Crippen molar-refractivity contribution in [1.29, 1.82) is 0 Å². The Morgan fingerprint density at radius 1 is 1.32 bits per heavy atom. The van der Waals surface area contributed by atoms with Gasteiger partial charge in [-0.1, -0.05) is 0 Å². The second-order valence-electron chi connectivity index (χ2n) is 7.36. The molecule has 1 amide bonds. The Balaban J connectivity index is 1.63. The van der Waals surface area contributed by atoms with Crippen molar-refractivity contribution in [2.24, 2.45) is 7.05 Å². The average molecular weight is 349 g/mol. The highest BCUT2D eigenvalue weighted by Crippen LogP contribution is 2.36. The Hall–Kier alpha value is -1.40. The maximum atomic E-state index is 13.0. The van der Waals surface area contributed by atoms with Crippen LogP contribution < -0.4 is 0 Å². The first-order valence-electron chi connectivity index (χ1n) is 9.52. The van der Waals surface area contributed by atoms with E-state index in [0.29, 0.717) is 6.61 Å². The Morgan fingerprint density at radius 3 is 2.76 bits per heavy atom. The van der Waals surface area contributed by atoms with Gasteiger partial charge in [0.15, 0.2) is 0 Å². The number of carbonyl (C=O) groups is 1. The predicted molar refractivity (Wildman–Crippen MR) is 95.4 cm³/mol. The lowest BCUT2D eigenvalue weighted by Gasteiger charge is -2.29. The zero-order valence-corrected chi connectivity index (χ0v) is 16.0. The van der Waals surface area contributed by atoms with E-state index in [-0.39, 0.29) is 18.1 Å². The van der Waals surface area contributed by atoms with E-state index in [4.69, 9.17) is 9.47 Å². The maximum absolute atomic E-state index is 13.0. The van der Waals surface area contributed by atoms with E-state index >= 15 is 0 Å². The summed E-state index contributed by atoms with van der Waals surface area (Å²) >= 11 is 0. The van der Waals surface area contributed by atoms with Crippen molar-refractivity contribution < 1.29 is 14.3 Å². The van der Waals surface area contributed by atoms with Crippen molar-refractivity contribution in [3.8, 4) is 0 Å². The fourth-order valence-corrected chi connectivity index (χ4v) is 4.10. The number of amides is 1. The fourth-order valence-electron chi connectivity index (χ4n) is 4.10. The summed E-state index contributed by atoms with van der Waals surface area (Å²) in [7, 11) is 1.96. The number of hydrogen-bond donors (Lipinski definition) is 0. The molecule has 3 rings (SSSR count). The summed E-state index contributed by atoms with van der Waals surface area (Å²) in [6.45, 7) is 8.09. The molecule has 0 spiro atoms. The zero-order chi connectivity index (χ0) is 18.0. The molecule has 25 heavy (non-hydrogen) atoms. The predicted octanol–water partition coefficient (Wildman–Crippen LogP) is 2.67. The van der Waals surface area contributed by atoms with Crippen LogP contribution in [0.2, 0.25) is 0 Å². The number of nitrogens with zero attached hydrogens (tertiary/aromatic N) is 3. The van der Waals surface area contributed by atoms with E-state index < -0.39 is 6.10 Å². The second-order valence-corrected chi connectivity index (χ2v) is 7.36. The lowest BCUT2D eigenvalue weighted by Crippen LogP contribution is -2.40. The third-order valence-electron chi connectivity index (χ3n) is 5.59. The summed E-state index contributed by atoms with van der Waals surface area (Å²) in [6, 6.07) is 0.123. The Labute approximate surface area is 150 Å². The highest BCUT2D eigenvalue weighted by Gasteiger charge is 2.35. The van der Waals surface area contributed by atoms with E-state index in [1.54, 1.807) is 0 Å². The van der Waals surface area contributed by atoms with Crippen LogP contribution in [-0.2, 0) is 21.3 Å². The number of likely N-dealkylation sites (tertiary alicyclic amines) is 1. The van der Waals surface area contributed by atoms with Gasteiger partial charge >= 0.3 is 0 Å². The molecule has 0 saturated carbocycles. The van der Waals surface area contributed by atoms with E-state index in [1.807, 2.05) is 30.5 Å². The first-order valence-corrected chi connectivity index (χ1v) is 9.52. The van der Waals surface area contributed by atoms with Crippen LogP contribution in [0.15, 0.2) is 0 Å². The van der Waals surface area contributed by atoms with E-state index in [0.717, 1.165) is 50.2 Å². The molecule has 0 unspecified atom stereocenters. The molecule has 0 aliphatic carbocycles. The average Bonchev–Trinajstić information content (AvgIpc) is 3.17. The second kappa shape index (κ2) is 7.87. The topological polar surface area (TPSA) is 56.6 Å². The molecule has 140 valence electrons. The number of ether oxygens (including phenoxy) is 2. The van der Waals surface area contributed by atoms with Crippen LogP contribution in [0, 0.1) is 13.8 Å². The highest BCUT2D eigenvalue weighted by atomic mass is 16.5. The number of aryl methyl sites for hydroxylation is 2. The van der Waals surface area contributed by atoms with Gasteiger partial charge in [-0.25, -0.2) is 0 Å². The Bertz CT molecular complexity index is 607. The van der Waals surface area contributed by atoms with Gasteiger partial charge in [0, 0.05) is 31.5 Å². The van der Waals surface area contributed by atoms with Crippen LogP contribution in [0.3, 0.4) is 0 Å². The van der Waals surface area contributed by atoms with Gasteiger partial charge in [-0.15, -0.1) is 0 Å². The molecule has 2 aliphatic heterocycles. The molecule has 3 atom stereocenters. The molecular formula is C19H31N3O3. The minimum Gasteiger partial charge on any atom is -0.376 e. The van der Waals surface area contributed by atoms with Gasteiger partial charge in [-0.05, 0) is 52.9 Å². The molecule has 3 heterocycles. The van der Waals surface area contributed by atoms with Crippen LogP contribution in [0.5, 0.6) is 0 Å². The highest BCUT2D eigenvalue weighted by molar-refractivity contribution is 5.81. The fraction of sp³-hybridized carbons (Fsp3) is 0.789. The SMILES string of the molecule is Cc1nn(C)c(C)c1[C@@H]1CCCN1C(=O)[C@H](C)OC[C@H]1CCCCO1. The molecule has 0 bridgehead atoms. The summed E-state index contributed by atoms with van der Waals surface area (Å²) in [5.74, 6) is 0.0842. The van der Waals surface area contributed by atoms with E-state index in [1.165, 1.54) is 12.0 Å². The number of rotatable bonds is 5. The molecule has 0 aromatic carbocycles. The molecule has 1 aromatic rings. The van der Waals surface area contributed by atoms with Crippen LogP contribution in [0.4, 0.5) is 0 Å². The number of hydrogen-bond acceptors (Lipinski definition) is 4. The van der Waals surface area contributed by atoms with Gasteiger partial charge in [0.25, 0.3) is 5.91 Å². The van der Waals surface area contributed by atoms with Crippen molar-refractivity contribution in [3.63, 3.8) is 0 Å². The van der Waals surface area contributed by atoms with Crippen LogP contribution in [0.25, 0.3) is 0 Å². The molecule has 2 saturated heterocycles. The number of aromatic nitrogens is 2. The summed E-state index contributed by atoms with van der Waals surface area (Å²) in [5.41, 5.74) is 3.37. The van der Waals surface area contributed by atoms with E-state index in [9.17, 15) is 4.79 Å². The minimum absolute atomic E-state index is 0.0842.